The van der Waals surface area contributed by atoms with Crippen LogP contribution in [0.4, 0.5) is 0 Å². The Morgan fingerprint density at radius 3 is 2.71 bits per heavy atom. The van der Waals surface area contributed by atoms with E-state index >= 15 is 0 Å². The molecule has 0 aromatic heterocycles. The molecule has 0 radical (unpaired) electrons. The smallest absolute Gasteiger partial charge is 0.243 e. The maximum atomic E-state index is 12.8. The molecule has 2 aliphatic heterocycles. The molecule has 1 aromatic carbocycles. The summed E-state index contributed by atoms with van der Waals surface area (Å²) < 4.78 is 38.5. The Morgan fingerprint density at radius 1 is 1.33 bits per heavy atom. The molecule has 6 heteroatoms. The third-order valence-electron chi connectivity index (χ3n) is 4.47. The number of methoxy groups -OCH3 is 1. The maximum absolute atomic E-state index is 12.8. The molecule has 0 N–H and O–H groups in total. The molecule has 2 heterocycles. The maximum Gasteiger partial charge on any atom is 0.243 e. The number of piperidine rings is 1. The Bertz CT molecular complexity index is 581. The molecule has 116 valence electrons. The standard InChI is InChI=1S/C15H21NO4S/c1-19-14-8-10-16(12-15(14)9-5-11-20-15)21(17,18)13-6-3-2-4-7-13/h2-4,6-7,14H,5,8-12H2,1H3/t14-,15-/m0/s1. The van der Waals surface area contributed by atoms with E-state index in [9.17, 15) is 8.42 Å². The van der Waals surface area contributed by atoms with Crippen molar-refractivity contribution < 1.29 is 17.9 Å². The van der Waals surface area contributed by atoms with Gasteiger partial charge in [0.2, 0.25) is 10.0 Å². The van der Waals surface area contributed by atoms with Gasteiger partial charge in [-0.1, -0.05) is 18.2 Å². The number of rotatable bonds is 3. The third-order valence-corrected chi connectivity index (χ3v) is 6.33. The molecule has 2 atom stereocenters. The van der Waals surface area contributed by atoms with Crippen molar-refractivity contribution in [2.45, 2.75) is 35.9 Å². The van der Waals surface area contributed by atoms with Crippen molar-refractivity contribution in [2.75, 3.05) is 26.8 Å². The molecule has 0 amide bonds. The Hall–Kier alpha value is -0.950. The van der Waals surface area contributed by atoms with E-state index in [2.05, 4.69) is 0 Å². The summed E-state index contributed by atoms with van der Waals surface area (Å²) in [5.74, 6) is 0. The lowest BCUT2D eigenvalue weighted by molar-refractivity contribution is -0.132. The molecule has 21 heavy (non-hydrogen) atoms. The first-order valence-corrected chi connectivity index (χ1v) is 8.74. The largest absolute Gasteiger partial charge is 0.378 e. The lowest BCUT2D eigenvalue weighted by Gasteiger charge is -2.44. The minimum absolute atomic E-state index is 0.0257. The van der Waals surface area contributed by atoms with Gasteiger partial charge in [0.25, 0.3) is 0 Å². The van der Waals surface area contributed by atoms with Gasteiger partial charge in [-0.25, -0.2) is 8.42 Å². The predicted molar refractivity (Wildman–Crippen MR) is 78.5 cm³/mol. The van der Waals surface area contributed by atoms with E-state index in [4.69, 9.17) is 9.47 Å². The SMILES string of the molecule is CO[C@H]1CCN(S(=O)(=O)c2ccccc2)C[C@@]12CCCO2. The molecule has 1 aromatic rings. The molecule has 0 unspecified atom stereocenters. The Morgan fingerprint density at radius 2 is 2.10 bits per heavy atom. The first-order chi connectivity index (χ1) is 10.1. The van der Waals surface area contributed by atoms with Crippen LogP contribution < -0.4 is 0 Å². The zero-order chi connectivity index (χ0) is 14.9. The molecule has 1 spiro atoms. The fraction of sp³-hybridized carbons (Fsp3) is 0.600. The van der Waals surface area contributed by atoms with Crippen LogP contribution in [-0.4, -0.2) is 51.2 Å². The summed E-state index contributed by atoms with van der Waals surface area (Å²) in [4.78, 5) is 0.342. The highest BCUT2D eigenvalue weighted by Crippen LogP contribution is 2.38. The van der Waals surface area contributed by atoms with Crippen LogP contribution in [0.25, 0.3) is 0 Å². The van der Waals surface area contributed by atoms with Gasteiger partial charge in [0, 0.05) is 26.8 Å². The molecule has 5 nitrogen and oxygen atoms in total. The molecule has 2 saturated heterocycles. The zero-order valence-electron chi connectivity index (χ0n) is 12.2. The summed E-state index contributed by atoms with van der Waals surface area (Å²) in [6.45, 7) is 1.53. The van der Waals surface area contributed by atoms with Gasteiger partial charge < -0.3 is 9.47 Å². The third kappa shape index (κ3) is 2.61. The van der Waals surface area contributed by atoms with E-state index in [1.165, 1.54) is 0 Å². The second-order valence-electron chi connectivity index (χ2n) is 5.68. The molecule has 0 bridgehead atoms. The predicted octanol–water partition coefficient (Wildman–Crippen LogP) is 1.65. The second-order valence-corrected chi connectivity index (χ2v) is 7.62. The van der Waals surface area contributed by atoms with E-state index in [0.29, 0.717) is 31.0 Å². The van der Waals surface area contributed by atoms with Gasteiger partial charge in [0.05, 0.1) is 11.0 Å². The van der Waals surface area contributed by atoms with Gasteiger partial charge in [-0.15, -0.1) is 0 Å². The van der Waals surface area contributed by atoms with Gasteiger partial charge in [0.1, 0.15) is 5.60 Å². The number of nitrogens with zero attached hydrogens (tertiary/aromatic N) is 1. The fourth-order valence-corrected chi connectivity index (χ4v) is 4.91. The van der Waals surface area contributed by atoms with E-state index in [0.717, 1.165) is 12.8 Å². The van der Waals surface area contributed by atoms with Crippen LogP contribution in [0.15, 0.2) is 35.2 Å². The summed E-state index contributed by atoms with van der Waals surface area (Å²) in [6.07, 6.45) is 2.45. The number of hydrogen-bond donors (Lipinski definition) is 0. The average Bonchev–Trinajstić information content (AvgIpc) is 2.97. The molecule has 2 aliphatic rings. The average molecular weight is 311 g/mol. The Kier molecular flexibility index (Phi) is 4.05. The minimum Gasteiger partial charge on any atom is -0.378 e. The normalized spacial score (nSPS) is 30.8. The van der Waals surface area contributed by atoms with Crippen LogP contribution in [0, 0.1) is 0 Å². The van der Waals surface area contributed by atoms with Gasteiger partial charge in [-0.2, -0.15) is 4.31 Å². The van der Waals surface area contributed by atoms with E-state index in [1.54, 1.807) is 35.7 Å². The zero-order valence-corrected chi connectivity index (χ0v) is 13.0. The Labute approximate surface area is 125 Å². The highest BCUT2D eigenvalue weighted by Gasteiger charge is 2.49. The van der Waals surface area contributed by atoms with Crippen molar-refractivity contribution in [3.05, 3.63) is 30.3 Å². The van der Waals surface area contributed by atoms with E-state index in [-0.39, 0.29) is 6.10 Å². The lowest BCUT2D eigenvalue weighted by atomic mass is 9.88. The molecule has 3 rings (SSSR count). The van der Waals surface area contributed by atoms with Crippen LogP contribution in [0.5, 0.6) is 0 Å². The number of ether oxygens (including phenoxy) is 2. The first kappa shape index (κ1) is 15.0. The monoisotopic (exact) mass is 311 g/mol. The van der Waals surface area contributed by atoms with Gasteiger partial charge in [-0.05, 0) is 31.4 Å². The summed E-state index contributed by atoms with van der Waals surface area (Å²) in [5, 5.41) is 0. The molecular weight excluding hydrogens is 290 g/mol. The number of sulfonamides is 1. The van der Waals surface area contributed by atoms with Crippen molar-refractivity contribution in [3.8, 4) is 0 Å². The first-order valence-electron chi connectivity index (χ1n) is 7.30. The molecule has 0 saturated carbocycles. The minimum atomic E-state index is -3.46. The van der Waals surface area contributed by atoms with Crippen LogP contribution in [-0.2, 0) is 19.5 Å². The molecule has 2 fully saturated rings. The van der Waals surface area contributed by atoms with Crippen molar-refractivity contribution in [1.82, 2.24) is 4.31 Å². The van der Waals surface area contributed by atoms with Gasteiger partial charge in [-0.3, -0.25) is 0 Å². The highest BCUT2D eigenvalue weighted by molar-refractivity contribution is 7.89. The van der Waals surface area contributed by atoms with Crippen LogP contribution in [0.1, 0.15) is 19.3 Å². The summed E-state index contributed by atoms with van der Waals surface area (Å²) in [7, 11) is -1.78. The summed E-state index contributed by atoms with van der Waals surface area (Å²) in [6, 6.07) is 8.59. The summed E-state index contributed by atoms with van der Waals surface area (Å²) >= 11 is 0. The van der Waals surface area contributed by atoms with Gasteiger partial charge >= 0.3 is 0 Å². The quantitative estimate of drug-likeness (QED) is 0.851. The molecule has 0 aliphatic carbocycles. The lowest BCUT2D eigenvalue weighted by Crippen LogP contribution is -2.58. The van der Waals surface area contributed by atoms with E-state index < -0.39 is 15.6 Å². The van der Waals surface area contributed by atoms with Crippen molar-refractivity contribution >= 4 is 10.0 Å². The number of benzene rings is 1. The topological polar surface area (TPSA) is 55.8 Å². The van der Waals surface area contributed by atoms with E-state index in [1.807, 2.05) is 6.07 Å². The number of hydrogen-bond acceptors (Lipinski definition) is 4. The van der Waals surface area contributed by atoms with Gasteiger partial charge in [0.15, 0.2) is 0 Å². The van der Waals surface area contributed by atoms with Crippen LogP contribution in [0.3, 0.4) is 0 Å². The second kappa shape index (κ2) is 5.68. The van der Waals surface area contributed by atoms with Crippen molar-refractivity contribution in [2.24, 2.45) is 0 Å². The fourth-order valence-electron chi connectivity index (χ4n) is 3.38. The van der Waals surface area contributed by atoms with Crippen LogP contribution in [0.2, 0.25) is 0 Å². The van der Waals surface area contributed by atoms with Crippen molar-refractivity contribution in [1.29, 1.82) is 0 Å². The summed E-state index contributed by atoms with van der Waals surface area (Å²) in [5.41, 5.74) is -0.477. The molecular formula is C15H21NO4S. The highest BCUT2D eigenvalue weighted by atomic mass is 32.2. The van der Waals surface area contributed by atoms with Crippen LogP contribution >= 0.6 is 0 Å². The van der Waals surface area contributed by atoms with Crippen molar-refractivity contribution in [3.63, 3.8) is 0 Å². The Balaban J connectivity index is 1.87.